The van der Waals surface area contributed by atoms with E-state index in [2.05, 4.69) is 15.3 Å². The van der Waals surface area contributed by atoms with E-state index >= 15 is 0 Å². The maximum atomic E-state index is 11.9. The van der Waals surface area contributed by atoms with Crippen molar-refractivity contribution >= 4 is 23.2 Å². The summed E-state index contributed by atoms with van der Waals surface area (Å²) in [6.07, 6.45) is 0. The van der Waals surface area contributed by atoms with E-state index < -0.39 is 16.5 Å². The van der Waals surface area contributed by atoms with Crippen LogP contribution in [0.1, 0.15) is 17.3 Å². The van der Waals surface area contributed by atoms with Crippen molar-refractivity contribution in [3.8, 4) is 0 Å². The number of azide groups is 1. The molecule has 1 rings (SSSR count). The maximum absolute atomic E-state index is 11.9. The first-order valence-corrected chi connectivity index (χ1v) is 5.81. The Labute approximate surface area is 119 Å². The Bertz CT molecular complexity index is 623. The van der Waals surface area contributed by atoms with Crippen molar-refractivity contribution in [3.05, 3.63) is 44.3 Å². The average molecular weight is 292 g/mol. The van der Waals surface area contributed by atoms with E-state index in [-0.39, 0.29) is 30.3 Å². The van der Waals surface area contributed by atoms with Crippen LogP contribution in [0.4, 0.5) is 11.4 Å². The molecule has 0 aromatic heterocycles. The topological polar surface area (TPSA) is 154 Å². The lowest BCUT2D eigenvalue weighted by atomic mass is 10.1. The third-order valence-electron chi connectivity index (χ3n) is 2.31. The number of ether oxygens (including phenoxy) is 1. The minimum absolute atomic E-state index is 0.0770. The molecule has 0 bridgehead atoms. The van der Waals surface area contributed by atoms with Gasteiger partial charge in [-0.25, -0.2) is 0 Å². The summed E-state index contributed by atoms with van der Waals surface area (Å²) in [5.41, 5.74) is 7.74. The Kier molecular flexibility index (Phi) is 5.66. The van der Waals surface area contributed by atoms with Gasteiger partial charge in [-0.15, -0.1) is 0 Å². The molecule has 1 amide bonds. The molecule has 0 aliphatic carbocycles. The maximum Gasteiger partial charge on any atom is 0.282 e. The summed E-state index contributed by atoms with van der Waals surface area (Å²) in [6.45, 7) is 1.77. The Hall–Kier alpha value is -3.13. The molecule has 10 heteroatoms. The largest absolute Gasteiger partial charge is 0.480 e. The summed E-state index contributed by atoms with van der Waals surface area (Å²) >= 11 is 0. The van der Waals surface area contributed by atoms with Crippen LogP contribution in [0.5, 0.6) is 0 Å². The summed E-state index contributed by atoms with van der Waals surface area (Å²) in [4.78, 5) is 24.7. The molecule has 10 nitrogen and oxygen atoms in total. The smallest absolute Gasteiger partial charge is 0.282 e. The van der Waals surface area contributed by atoms with E-state index in [9.17, 15) is 14.9 Å². The van der Waals surface area contributed by atoms with Gasteiger partial charge in [0.2, 0.25) is 0 Å². The van der Waals surface area contributed by atoms with E-state index in [0.29, 0.717) is 0 Å². The standard InChI is InChI=1S/C11H12N6O4/c1-2-21-10(12)6-14-11(18)8-5-7(15-16-13)3-4-9(8)17(19)20/h3-5,12H,2,6H2,1H3,(H,14,18). The van der Waals surface area contributed by atoms with E-state index in [1.54, 1.807) is 6.92 Å². The zero-order valence-electron chi connectivity index (χ0n) is 11.1. The monoisotopic (exact) mass is 292 g/mol. The summed E-state index contributed by atoms with van der Waals surface area (Å²) < 4.78 is 4.84. The van der Waals surface area contributed by atoms with E-state index in [4.69, 9.17) is 15.7 Å². The number of carbonyl (C=O) groups is 1. The van der Waals surface area contributed by atoms with Gasteiger partial charge in [-0.1, -0.05) is 5.11 Å². The van der Waals surface area contributed by atoms with Gasteiger partial charge in [0.15, 0.2) is 5.90 Å². The number of carbonyl (C=O) groups excluding carboxylic acids is 1. The Morgan fingerprint density at radius 2 is 2.33 bits per heavy atom. The van der Waals surface area contributed by atoms with Crippen molar-refractivity contribution in [2.75, 3.05) is 13.2 Å². The zero-order valence-corrected chi connectivity index (χ0v) is 11.1. The molecule has 0 aliphatic rings. The normalized spacial score (nSPS) is 9.38. The third kappa shape index (κ3) is 4.48. The molecule has 0 heterocycles. The van der Waals surface area contributed by atoms with Crippen molar-refractivity contribution in [2.45, 2.75) is 6.92 Å². The highest BCUT2D eigenvalue weighted by atomic mass is 16.6. The summed E-state index contributed by atoms with van der Waals surface area (Å²) in [5, 5.41) is 23.9. The molecule has 21 heavy (non-hydrogen) atoms. The first-order chi connectivity index (χ1) is 9.99. The number of nitro groups is 1. The Morgan fingerprint density at radius 3 is 2.90 bits per heavy atom. The van der Waals surface area contributed by atoms with Crippen LogP contribution in [-0.2, 0) is 4.74 Å². The third-order valence-corrected chi connectivity index (χ3v) is 2.31. The highest BCUT2D eigenvalue weighted by Gasteiger charge is 2.20. The Balaban J connectivity index is 2.99. The highest BCUT2D eigenvalue weighted by molar-refractivity contribution is 6.00. The van der Waals surface area contributed by atoms with E-state index in [0.717, 1.165) is 12.1 Å². The van der Waals surface area contributed by atoms with Gasteiger partial charge in [0.1, 0.15) is 5.56 Å². The van der Waals surface area contributed by atoms with Gasteiger partial charge in [0, 0.05) is 16.7 Å². The van der Waals surface area contributed by atoms with Crippen molar-refractivity contribution < 1.29 is 14.5 Å². The van der Waals surface area contributed by atoms with Gasteiger partial charge in [0.05, 0.1) is 18.1 Å². The van der Waals surface area contributed by atoms with E-state index in [1.165, 1.54) is 6.07 Å². The molecule has 0 fully saturated rings. The molecule has 2 N–H and O–H groups in total. The predicted molar refractivity (Wildman–Crippen MR) is 73.6 cm³/mol. The number of nitrogens with one attached hydrogen (secondary N) is 2. The molecule has 0 saturated carbocycles. The summed E-state index contributed by atoms with van der Waals surface area (Å²) in [5.74, 6) is -0.930. The molecule has 0 unspecified atom stereocenters. The lowest BCUT2D eigenvalue weighted by Gasteiger charge is -2.07. The molecule has 0 atom stereocenters. The molecule has 110 valence electrons. The van der Waals surface area contributed by atoms with Crippen molar-refractivity contribution in [3.63, 3.8) is 0 Å². The van der Waals surface area contributed by atoms with Crippen molar-refractivity contribution in [1.82, 2.24) is 5.32 Å². The number of hydrogen-bond acceptors (Lipinski definition) is 6. The SMILES string of the molecule is CCOC(=N)CNC(=O)c1cc(N=[N+]=[N-])ccc1[N+](=O)[O-]. The minimum atomic E-state index is -0.763. The first-order valence-electron chi connectivity index (χ1n) is 5.81. The van der Waals surface area contributed by atoms with Gasteiger partial charge in [-0.3, -0.25) is 20.3 Å². The molecule has 0 radical (unpaired) electrons. The van der Waals surface area contributed by atoms with Crippen LogP contribution in [0.15, 0.2) is 23.3 Å². The number of rotatable bonds is 6. The lowest BCUT2D eigenvalue weighted by Crippen LogP contribution is -2.30. The zero-order chi connectivity index (χ0) is 15.8. The minimum Gasteiger partial charge on any atom is -0.480 e. The molecule has 0 saturated heterocycles. The quantitative estimate of drug-likeness (QED) is 0.157. The molecular weight excluding hydrogens is 280 g/mol. The first kappa shape index (κ1) is 15.9. The van der Waals surface area contributed by atoms with Gasteiger partial charge >= 0.3 is 0 Å². The molecular formula is C11H12N6O4. The molecule has 0 spiro atoms. The van der Waals surface area contributed by atoms with Crippen LogP contribution in [0.25, 0.3) is 10.4 Å². The second-order valence-corrected chi connectivity index (χ2v) is 3.69. The van der Waals surface area contributed by atoms with Gasteiger partial charge in [-0.2, -0.15) is 0 Å². The predicted octanol–water partition coefficient (Wildman–Crippen LogP) is 2.28. The highest BCUT2D eigenvalue weighted by Crippen LogP contribution is 2.24. The van der Waals surface area contributed by atoms with Crippen molar-refractivity contribution in [2.24, 2.45) is 5.11 Å². The van der Waals surface area contributed by atoms with Crippen LogP contribution < -0.4 is 5.32 Å². The number of nitrogens with zero attached hydrogens (tertiary/aromatic N) is 4. The van der Waals surface area contributed by atoms with Crippen LogP contribution >= 0.6 is 0 Å². The number of amides is 1. The molecule has 0 aliphatic heterocycles. The number of nitro benzene ring substituents is 1. The molecule has 1 aromatic carbocycles. The van der Waals surface area contributed by atoms with Crippen LogP contribution in [-0.4, -0.2) is 29.9 Å². The van der Waals surface area contributed by atoms with Crippen molar-refractivity contribution in [1.29, 1.82) is 5.41 Å². The number of benzene rings is 1. The summed E-state index contributed by atoms with van der Waals surface area (Å²) in [6, 6.07) is 3.42. The second-order valence-electron chi connectivity index (χ2n) is 3.69. The fourth-order valence-electron chi connectivity index (χ4n) is 1.46. The number of hydrogen-bond donors (Lipinski definition) is 2. The fourth-order valence-corrected chi connectivity index (χ4v) is 1.46. The summed E-state index contributed by atoms with van der Waals surface area (Å²) in [7, 11) is 0. The van der Waals surface area contributed by atoms with Gasteiger partial charge < -0.3 is 10.1 Å². The van der Waals surface area contributed by atoms with E-state index in [1.807, 2.05) is 0 Å². The van der Waals surface area contributed by atoms with Gasteiger partial charge in [-0.05, 0) is 24.6 Å². The van der Waals surface area contributed by atoms with Crippen LogP contribution in [0, 0.1) is 15.5 Å². The average Bonchev–Trinajstić information content (AvgIpc) is 2.45. The van der Waals surface area contributed by atoms with Gasteiger partial charge in [0.25, 0.3) is 11.6 Å². The Morgan fingerprint density at radius 1 is 1.62 bits per heavy atom. The van der Waals surface area contributed by atoms with Crippen LogP contribution in [0.3, 0.4) is 0 Å². The lowest BCUT2D eigenvalue weighted by molar-refractivity contribution is -0.385. The second kappa shape index (κ2) is 7.46. The fraction of sp³-hybridized carbons (Fsp3) is 0.273. The van der Waals surface area contributed by atoms with Crippen LogP contribution in [0.2, 0.25) is 0 Å². The molecule has 1 aromatic rings.